The number of rotatable bonds is 10. The molecule has 4 N–H and O–H groups in total. The maximum Gasteiger partial charge on any atom is 0.145 e. The van der Waals surface area contributed by atoms with Crippen LogP contribution in [0.15, 0.2) is 76.2 Å². The molecule has 0 saturated carbocycles. The fourth-order valence-corrected chi connectivity index (χ4v) is 3.86. The third kappa shape index (κ3) is 6.12. The van der Waals surface area contributed by atoms with Gasteiger partial charge < -0.3 is 15.7 Å². The Hall–Kier alpha value is -2.26. The number of aliphatic hydroxyl groups is 1. The molecule has 0 amide bonds. The molecule has 3 rings (SSSR count). The van der Waals surface area contributed by atoms with Crippen LogP contribution in [0.2, 0.25) is 0 Å². The van der Waals surface area contributed by atoms with E-state index in [2.05, 4.69) is 54.6 Å². The van der Waals surface area contributed by atoms with E-state index in [9.17, 15) is 0 Å². The van der Waals surface area contributed by atoms with Crippen molar-refractivity contribution in [2.75, 3.05) is 24.3 Å². The van der Waals surface area contributed by atoms with Crippen LogP contribution in [0.25, 0.3) is 5.82 Å². The van der Waals surface area contributed by atoms with E-state index in [-0.39, 0.29) is 12.6 Å². The summed E-state index contributed by atoms with van der Waals surface area (Å²) in [6, 6.07) is 18.5. The maximum absolute atomic E-state index is 9.13. The first kappa shape index (κ1) is 22.4. The Morgan fingerprint density at radius 1 is 1.20 bits per heavy atom. The van der Waals surface area contributed by atoms with Crippen LogP contribution in [0, 0.1) is 0 Å². The zero-order chi connectivity index (χ0) is 21.3. The van der Waals surface area contributed by atoms with Crippen molar-refractivity contribution in [2.24, 2.45) is 0 Å². The standard InChI is InChI=1S/C22H26BrN5OS/c1-16(15-29)27-30-19-11-9-18(10-12-19)26-21(13-8-17-6-4-3-5-7-17)28-22(24-2)20(23)14-25-28/h3-7,9-14,16,24,26-27,29H,8,15H2,1-2H3/b21-13-. The van der Waals surface area contributed by atoms with E-state index in [1.54, 1.807) is 6.20 Å². The molecule has 30 heavy (non-hydrogen) atoms. The lowest BCUT2D eigenvalue weighted by atomic mass is 10.1. The number of allylic oxidation sites excluding steroid dienone is 1. The molecule has 0 aliphatic carbocycles. The molecular formula is C22H26BrN5OS. The summed E-state index contributed by atoms with van der Waals surface area (Å²) in [4.78, 5) is 1.08. The minimum atomic E-state index is 0.0403. The highest BCUT2D eigenvalue weighted by Gasteiger charge is 2.12. The van der Waals surface area contributed by atoms with Gasteiger partial charge in [0.25, 0.3) is 0 Å². The Morgan fingerprint density at radius 3 is 2.60 bits per heavy atom. The fraction of sp³-hybridized carbons (Fsp3) is 0.227. The average Bonchev–Trinajstić information content (AvgIpc) is 3.16. The Kier molecular flexibility index (Phi) is 8.39. The molecule has 0 bridgehead atoms. The number of anilines is 2. The van der Waals surface area contributed by atoms with E-state index in [1.807, 2.05) is 61.1 Å². The van der Waals surface area contributed by atoms with Crippen molar-refractivity contribution in [1.82, 2.24) is 14.5 Å². The molecule has 0 aliphatic heterocycles. The molecule has 0 spiro atoms. The molecule has 2 aromatic carbocycles. The van der Waals surface area contributed by atoms with Gasteiger partial charge in [0.15, 0.2) is 0 Å². The third-order valence-corrected chi connectivity index (χ3v) is 5.95. The summed E-state index contributed by atoms with van der Waals surface area (Å²) in [5.41, 5.74) is 2.19. The molecule has 158 valence electrons. The van der Waals surface area contributed by atoms with Crippen molar-refractivity contribution in [1.29, 1.82) is 0 Å². The van der Waals surface area contributed by atoms with Crippen LogP contribution >= 0.6 is 27.9 Å². The van der Waals surface area contributed by atoms with Crippen LogP contribution < -0.4 is 15.4 Å². The van der Waals surface area contributed by atoms with Gasteiger partial charge in [-0.2, -0.15) is 5.10 Å². The summed E-state index contributed by atoms with van der Waals surface area (Å²) in [6.45, 7) is 2.05. The number of halogens is 1. The van der Waals surface area contributed by atoms with Crippen molar-refractivity contribution in [2.45, 2.75) is 24.3 Å². The first-order chi connectivity index (χ1) is 14.6. The van der Waals surface area contributed by atoms with E-state index in [0.29, 0.717) is 0 Å². The molecular weight excluding hydrogens is 462 g/mol. The van der Waals surface area contributed by atoms with E-state index in [0.717, 1.165) is 33.1 Å². The summed E-state index contributed by atoms with van der Waals surface area (Å²) in [7, 11) is 1.87. The van der Waals surface area contributed by atoms with Crippen LogP contribution in [0.4, 0.5) is 11.5 Å². The van der Waals surface area contributed by atoms with Crippen molar-refractivity contribution in [3.63, 3.8) is 0 Å². The molecule has 0 aliphatic rings. The number of nitrogens with zero attached hydrogens (tertiary/aromatic N) is 2. The summed E-state index contributed by atoms with van der Waals surface area (Å²) in [5, 5.41) is 20.3. The monoisotopic (exact) mass is 487 g/mol. The summed E-state index contributed by atoms with van der Waals surface area (Å²) in [5.74, 6) is 1.73. The van der Waals surface area contributed by atoms with E-state index < -0.39 is 0 Å². The van der Waals surface area contributed by atoms with Crippen LogP contribution in [-0.4, -0.2) is 34.6 Å². The van der Waals surface area contributed by atoms with Gasteiger partial charge in [-0.1, -0.05) is 30.3 Å². The summed E-state index contributed by atoms with van der Waals surface area (Å²) < 4.78 is 5.94. The zero-order valence-electron chi connectivity index (χ0n) is 17.0. The van der Waals surface area contributed by atoms with Crippen LogP contribution in [0.3, 0.4) is 0 Å². The molecule has 0 saturated heterocycles. The van der Waals surface area contributed by atoms with Crippen LogP contribution in [0.1, 0.15) is 12.5 Å². The lowest BCUT2D eigenvalue weighted by Gasteiger charge is -2.15. The Morgan fingerprint density at radius 2 is 1.93 bits per heavy atom. The Bertz CT molecular complexity index is 959. The van der Waals surface area contributed by atoms with E-state index in [4.69, 9.17) is 5.11 Å². The smallest absolute Gasteiger partial charge is 0.145 e. The highest BCUT2D eigenvalue weighted by molar-refractivity contribution is 9.10. The largest absolute Gasteiger partial charge is 0.395 e. The SMILES string of the molecule is CNc1c(Br)cnn1/C(=C\Cc1ccccc1)Nc1ccc(SNC(C)CO)cc1. The minimum absolute atomic E-state index is 0.0403. The minimum Gasteiger partial charge on any atom is -0.395 e. The number of hydrogen-bond donors (Lipinski definition) is 4. The van der Waals surface area contributed by atoms with E-state index >= 15 is 0 Å². The summed E-state index contributed by atoms with van der Waals surface area (Å²) in [6.07, 6.45) is 4.68. The molecule has 1 unspecified atom stereocenters. The van der Waals surface area contributed by atoms with Gasteiger partial charge in [0.2, 0.25) is 0 Å². The van der Waals surface area contributed by atoms with Gasteiger partial charge in [-0.3, -0.25) is 4.72 Å². The predicted molar refractivity (Wildman–Crippen MR) is 129 cm³/mol. The molecule has 6 nitrogen and oxygen atoms in total. The van der Waals surface area contributed by atoms with Crippen LogP contribution in [0.5, 0.6) is 0 Å². The predicted octanol–water partition coefficient (Wildman–Crippen LogP) is 4.82. The number of benzene rings is 2. The zero-order valence-corrected chi connectivity index (χ0v) is 19.4. The van der Waals surface area contributed by atoms with Gasteiger partial charge in [-0.05, 0) is 77.1 Å². The topological polar surface area (TPSA) is 74.1 Å². The highest BCUT2D eigenvalue weighted by Crippen LogP contribution is 2.26. The normalized spacial score (nSPS) is 12.6. The van der Waals surface area contributed by atoms with E-state index in [1.165, 1.54) is 17.5 Å². The van der Waals surface area contributed by atoms with Crippen LogP contribution in [-0.2, 0) is 6.42 Å². The summed E-state index contributed by atoms with van der Waals surface area (Å²) >= 11 is 5.05. The maximum atomic E-state index is 9.13. The second-order valence-corrected chi connectivity index (χ2v) is 8.50. The average molecular weight is 488 g/mol. The second-order valence-electron chi connectivity index (χ2n) is 6.73. The fourth-order valence-electron chi connectivity index (χ4n) is 2.72. The lowest BCUT2D eigenvalue weighted by molar-refractivity contribution is 0.267. The number of nitrogens with one attached hydrogen (secondary N) is 3. The number of hydrogen-bond acceptors (Lipinski definition) is 6. The third-order valence-electron chi connectivity index (χ3n) is 4.34. The molecule has 0 fully saturated rings. The molecule has 0 radical (unpaired) electrons. The van der Waals surface area contributed by atoms with Crippen molar-refractivity contribution < 1.29 is 5.11 Å². The van der Waals surface area contributed by atoms with Gasteiger partial charge in [-0.25, -0.2) is 4.68 Å². The molecule has 1 atom stereocenters. The van der Waals surface area contributed by atoms with Gasteiger partial charge in [0.05, 0.1) is 17.3 Å². The highest BCUT2D eigenvalue weighted by atomic mass is 79.9. The quantitative estimate of drug-likeness (QED) is 0.307. The number of aromatic nitrogens is 2. The van der Waals surface area contributed by atoms with Crippen molar-refractivity contribution in [3.8, 4) is 0 Å². The molecule has 1 aromatic heterocycles. The Labute approximate surface area is 190 Å². The lowest BCUT2D eigenvalue weighted by Crippen LogP contribution is -2.22. The molecule has 1 heterocycles. The number of aliphatic hydroxyl groups excluding tert-OH is 1. The van der Waals surface area contributed by atoms with Crippen molar-refractivity contribution in [3.05, 3.63) is 76.9 Å². The molecule has 8 heteroatoms. The van der Waals surface area contributed by atoms with Gasteiger partial charge in [-0.15, -0.1) is 0 Å². The Balaban J connectivity index is 1.80. The first-order valence-corrected chi connectivity index (χ1v) is 11.3. The van der Waals surface area contributed by atoms with Crippen molar-refractivity contribution >= 4 is 45.2 Å². The van der Waals surface area contributed by atoms with Gasteiger partial charge in [0.1, 0.15) is 11.6 Å². The molecule has 3 aromatic rings. The van der Waals surface area contributed by atoms with Gasteiger partial charge in [0, 0.05) is 23.7 Å². The van der Waals surface area contributed by atoms with Gasteiger partial charge >= 0.3 is 0 Å². The second kappa shape index (κ2) is 11.2. The first-order valence-electron chi connectivity index (χ1n) is 9.66.